The van der Waals surface area contributed by atoms with Crippen molar-refractivity contribution < 1.29 is 19.4 Å². The average molecular weight is 262 g/mol. The van der Waals surface area contributed by atoms with Crippen LogP contribution in [0.5, 0.6) is 11.5 Å². The molecule has 1 rings (SSSR count). The van der Waals surface area contributed by atoms with Gasteiger partial charge in [-0.15, -0.1) is 0 Å². The van der Waals surface area contributed by atoms with Crippen LogP contribution >= 0.6 is 0 Å². The first-order chi connectivity index (χ1) is 9.06. The monoisotopic (exact) mass is 262 g/mol. The molecule has 1 aromatic carbocycles. The van der Waals surface area contributed by atoms with Crippen LogP contribution in [0.1, 0.15) is 18.9 Å². The van der Waals surface area contributed by atoms with Crippen molar-refractivity contribution in [1.29, 1.82) is 0 Å². The molecule has 0 aliphatic carbocycles. The number of benzene rings is 1. The molecule has 0 aliphatic heterocycles. The zero-order valence-electron chi connectivity index (χ0n) is 11.2. The van der Waals surface area contributed by atoms with E-state index >= 15 is 0 Å². The lowest BCUT2D eigenvalue weighted by molar-refractivity contribution is -0.131. The molecule has 0 saturated heterocycles. The summed E-state index contributed by atoms with van der Waals surface area (Å²) >= 11 is 0. The normalized spacial score (nSPS) is 10.4. The lowest BCUT2D eigenvalue weighted by atomic mass is 10.1. The van der Waals surface area contributed by atoms with Crippen molar-refractivity contribution in [3.8, 4) is 11.5 Å². The van der Waals surface area contributed by atoms with Crippen LogP contribution in [0.25, 0.3) is 6.08 Å². The summed E-state index contributed by atoms with van der Waals surface area (Å²) in [6, 6.07) is 5.23. The fourth-order valence-corrected chi connectivity index (χ4v) is 1.35. The standard InChI is InChI=1S/C15H18O4/c1-4-11(2)10-19-14-9-13(18-3)7-5-12(14)6-8-15(16)17/h5-9H,2,4,10H2,1,3H3,(H,16,17). The van der Waals surface area contributed by atoms with Gasteiger partial charge in [0, 0.05) is 17.7 Å². The Bertz CT molecular complexity index is 489. The van der Waals surface area contributed by atoms with Crippen LogP contribution in [0.15, 0.2) is 36.4 Å². The van der Waals surface area contributed by atoms with E-state index in [1.165, 1.54) is 6.08 Å². The zero-order chi connectivity index (χ0) is 14.3. The van der Waals surface area contributed by atoms with Gasteiger partial charge in [0.25, 0.3) is 0 Å². The van der Waals surface area contributed by atoms with Crippen molar-refractivity contribution in [3.05, 3.63) is 42.0 Å². The quantitative estimate of drug-likeness (QED) is 0.606. The van der Waals surface area contributed by atoms with Gasteiger partial charge in [-0.1, -0.05) is 13.5 Å². The van der Waals surface area contributed by atoms with Crippen LogP contribution < -0.4 is 9.47 Å². The van der Waals surface area contributed by atoms with Crippen molar-refractivity contribution >= 4 is 12.0 Å². The van der Waals surface area contributed by atoms with Crippen molar-refractivity contribution in [2.45, 2.75) is 13.3 Å². The lowest BCUT2D eigenvalue weighted by Crippen LogP contribution is -2.01. The minimum atomic E-state index is -1.00. The number of aliphatic carboxylic acids is 1. The first kappa shape index (κ1) is 14.8. The molecule has 102 valence electrons. The zero-order valence-corrected chi connectivity index (χ0v) is 11.2. The third kappa shape index (κ3) is 4.87. The predicted molar refractivity (Wildman–Crippen MR) is 74.6 cm³/mol. The number of carbonyl (C=O) groups is 1. The van der Waals surface area contributed by atoms with Gasteiger partial charge in [0.15, 0.2) is 0 Å². The summed E-state index contributed by atoms with van der Waals surface area (Å²) in [7, 11) is 1.57. The molecular formula is C15H18O4. The van der Waals surface area contributed by atoms with E-state index in [9.17, 15) is 4.79 Å². The molecular weight excluding hydrogens is 244 g/mol. The lowest BCUT2D eigenvalue weighted by Gasteiger charge is -2.11. The maximum atomic E-state index is 10.6. The van der Waals surface area contributed by atoms with Crippen molar-refractivity contribution in [1.82, 2.24) is 0 Å². The molecule has 4 nitrogen and oxygen atoms in total. The van der Waals surface area contributed by atoms with Gasteiger partial charge in [-0.2, -0.15) is 0 Å². The number of carboxylic acids is 1. The molecule has 0 aromatic heterocycles. The van der Waals surface area contributed by atoms with Gasteiger partial charge in [0.1, 0.15) is 18.1 Å². The van der Waals surface area contributed by atoms with Crippen LogP contribution in [0.3, 0.4) is 0 Å². The smallest absolute Gasteiger partial charge is 0.328 e. The molecule has 0 aliphatic rings. The van der Waals surface area contributed by atoms with Gasteiger partial charge in [-0.05, 0) is 30.2 Å². The van der Waals surface area contributed by atoms with Crippen molar-refractivity contribution in [2.24, 2.45) is 0 Å². The van der Waals surface area contributed by atoms with Crippen LogP contribution in [0.4, 0.5) is 0 Å². The number of hydrogen-bond acceptors (Lipinski definition) is 3. The van der Waals surface area contributed by atoms with Crippen LogP contribution in [0, 0.1) is 0 Å². The van der Waals surface area contributed by atoms with Crippen LogP contribution in [0.2, 0.25) is 0 Å². The summed E-state index contributed by atoms with van der Waals surface area (Å²) in [5.41, 5.74) is 1.66. The third-order valence-corrected chi connectivity index (χ3v) is 2.56. The van der Waals surface area contributed by atoms with Gasteiger partial charge in [0.2, 0.25) is 0 Å². The molecule has 19 heavy (non-hydrogen) atoms. The highest BCUT2D eigenvalue weighted by molar-refractivity contribution is 5.86. The summed E-state index contributed by atoms with van der Waals surface area (Å²) < 4.78 is 10.8. The van der Waals surface area contributed by atoms with Crippen LogP contribution in [-0.4, -0.2) is 24.8 Å². The fourth-order valence-electron chi connectivity index (χ4n) is 1.35. The molecule has 0 unspecified atom stereocenters. The van der Waals surface area contributed by atoms with Gasteiger partial charge in [-0.25, -0.2) is 4.79 Å². The van der Waals surface area contributed by atoms with Gasteiger partial charge >= 0.3 is 5.97 Å². The Balaban J connectivity index is 2.95. The Morgan fingerprint density at radius 1 is 1.47 bits per heavy atom. The van der Waals surface area contributed by atoms with Crippen molar-refractivity contribution in [3.63, 3.8) is 0 Å². The number of rotatable bonds is 7. The molecule has 1 N–H and O–H groups in total. The Morgan fingerprint density at radius 3 is 2.79 bits per heavy atom. The van der Waals surface area contributed by atoms with E-state index in [2.05, 4.69) is 6.58 Å². The van der Waals surface area contributed by atoms with Gasteiger partial charge < -0.3 is 14.6 Å². The van der Waals surface area contributed by atoms with E-state index < -0.39 is 5.97 Å². The molecule has 0 spiro atoms. The Kier molecular flexibility index (Phi) is 5.67. The number of methoxy groups -OCH3 is 1. The first-order valence-electron chi connectivity index (χ1n) is 5.95. The van der Waals surface area contributed by atoms with Gasteiger partial charge in [0.05, 0.1) is 7.11 Å². The molecule has 0 amide bonds. The van der Waals surface area contributed by atoms with E-state index in [1.807, 2.05) is 6.92 Å². The SMILES string of the molecule is C=C(CC)COc1cc(OC)ccc1C=CC(=O)O. The molecule has 4 heteroatoms. The Hall–Kier alpha value is -2.23. The summed E-state index contributed by atoms with van der Waals surface area (Å²) in [5.74, 6) is 0.232. The highest BCUT2D eigenvalue weighted by atomic mass is 16.5. The number of hydrogen-bond donors (Lipinski definition) is 1. The molecule has 0 atom stereocenters. The van der Waals surface area contributed by atoms with Crippen molar-refractivity contribution in [2.75, 3.05) is 13.7 Å². The maximum Gasteiger partial charge on any atom is 0.328 e. The van der Waals surface area contributed by atoms with E-state index in [0.29, 0.717) is 23.7 Å². The molecule has 0 heterocycles. The van der Waals surface area contributed by atoms with Gasteiger partial charge in [-0.3, -0.25) is 0 Å². The first-order valence-corrected chi connectivity index (χ1v) is 5.95. The highest BCUT2D eigenvalue weighted by Gasteiger charge is 2.05. The van der Waals surface area contributed by atoms with E-state index in [1.54, 1.807) is 25.3 Å². The second-order valence-corrected chi connectivity index (χ2v) is 3.97. The maximum absolute atomic E-state index is 10.6. The molecule has 0 fully saturated rings. The summed E-state index contributed by atoms with van der Waals surface area (Å²) in [6.07, 6.45) is 3.40. The van der Waals surface area contributed by atoms with E-state index in [-0.39, 0.29) is 0 Å². The number of carboxylic acid groups (broad SMARTS) is 1. The second-order valence-electron chi connectivity index (χ2n) is 3.97. The minimum absolute atomic E-state index is 0.400. The Morgan fingerprint density at radius 2 is 2.21 bits per heavy atom. The highest BCUT2D eigenvalue weighted by Crippen LogP contribution is 2.26. The van der Waals surface area contributed by atoms with Crippen LogP contribution in [-0.2, 0) is 4.79 Å². The molecule has 0 saturated carbocycles. The average Bonchev–Trinajstić information content (AvgIpc) is 2.42. The molecule has 0 radical (unpaired) electrons. The summed E-state index contributed by atoms with van der Waals surface area (Å²) in [4.78, 5) is 10.6. The third-order valence-electron chi connectivity index (χ3n) is 2.56. The summed E-state index contributed by atoms with van der Waals surface area (Å²) in [6.45, 7) is 6.27. The molecule has 1 aromatic rings. The largest absolute Gasteiger partial charge is 0.497 e. The fraction of sp³-hybridized carbons (Fsp3) is 0.267. The second kappa shape index (κ2) is 7.26. The molecule has 0 bridgehead atoms. The Labute approximate surface area is 113 Å². The topological polar surface area (TPSA) is 55.8 Å². The summed E-state index contributed by atoms with van der Waals surface area (Å²) in [5, 5.41) is 8.66. The predicted octanol–water partition coefficient (Wildman–Crippen LogP) is 3.14. The minimum Gasteiger partial charge on any atom is -0.497 e. The van der Waals surface area contributed by atoms with E-state index in [0.717, 1.165) is 18.1 Å². The number of ether oxygens (including phenoxy) is 2. The van der Waals surface area contributed by atoms with E-state index in [4.69, 9.17) is 14.6 Å².